The van der Waals surface area contributed by atoms with Gasteiger partial charge in [0.05, 0.1) is 11.1 Å². The lowest BCUT2D eigenvalue weighted by Gasteiger charge is -2.32. The number of imidazole rings is 1. The third-order valence-corrected chi connectivity index (χ3v) is 8.71. The number of hydrogen-bond acceptors (Lipinski definition) is 6. The number of benzene rings is 2. The molecule has 1 fully saturated rings. The van der Waals surface area contributed by atoms with Crippen LogP contribution in [0, 0.1) is 5.92 Å². The Balaban J connectivity index is 0.00000216. The van der Waals surface area contributed by atoms with Crippen molar-refractivity contribution >= 4 is 58.4 Å². The summed E-state index contributed by atoms with van der Waals surface area (Å²) in [4.78, 5) is 45.6. The minimum absolute atomic E-state index is 0.0561. The largest absolute Gasteiger partial charge is 0.333 e. The van der Waals surface area contributed by atoms with Crippen LogP contribution in [0.5, 0.6) is 0 Å². The first kappa shape index (κ1) is 31.5. The lowest BCUT2D eigenvalue weighted by molar-refractivity contribution is -0.110. The standard InChI is InChI=1S/C27H28Cl2N4O4S.CH5N/c1-18(16-34)31(2)27(36)32(15-19-11-13-38(37)14-12-19)26-24(17-35)33(21-9-7-20(28)8-10-21)25(30-26)22-5-3-4-6-23(22)29;1-2/h3-10,16-19H,11-15H2,1-2H3;2H2,1H3/t18-,19?,38?;/m0./s1. The van der Waals surface area contributed by atoms with Gasteiger partial charge in [-0.25, -0.2) is 9.78 Å². The van der Waals surface area contributed by atoms with E-state index in [9.17, 15) is 18.6 Å². The van der Waals surface area contributed by atoms with Crippen LogP contribution in [0.1, 0.15) is 30.3 Å². The van der Waals surface area contributed by atoms with Gasteiger partial charge in [0, 0.05) is 52.2 Å². The molecule has 9 nitrogen and oxygen atoms in total. The number of anilines is 1. The van der Waals surface area contributed by atoms with Crippen LogP contribution in [0.15, 0.2) is 48.5 Å². The summed E-state index contributed by atoms with van der Waals surface area (Å²) in [7, 11) is 2.17. The summed E-state index contributed by atoms with van der Waals surface area (Å²) in [6.45, 7) is 1.88. The average molecular weight is 607 g/mol. The second-order valence-corrected chi connectivity index (χ2v) is 11.8. The molecule has 1 saturated heterocycles. The summed E-state index contributed by atoms with van der Waals surface area (Å²) in [6, 6.07) is 12.9. The fraction of sp³-hybridized carbons (Fsp3) is 0.357. The first-order valence-electron chi connectivity index (χ1n) is 12.8. The maximum absolute atomic E-state index is 13.8. The van der Waals surface area contributed by atoms with Crippen molar-refractivity contribution in [3.05, 3.63) is 64.3 Å². The minimum Gasteiger partial charge on any atom is -0.333 e. The van der Waals surface area contributed by atoms with Crippen LogP contribution in [-0.2, 0) is 15.6 Å². The number of aldehydes is 2. The zero-order valence-corrected chi connectivity index (χ0v) is 25.0. The Kier molecular flexibility index (Phi) is 11.4. The van der Waals surface area contributed by atoms with E-state index in [2.05, 4.69) is 5.73 Å². The van der Waals surface area contributed by atoms with Gasteiger partial charge in [-0.1, -0.05) is 35.3 Å². The molecule has 0 aliphatic carbocycles. The van der Waals surface area contributed by atoms with Gasteiger partial charge in [0.2, 0.25) is 0 Å². The Morgan fingerprint density at radius 1 is 1.12 bits per heavy atom. The molecule has 1 aliphatic heterocycles. The van der Waals surface area contributed by atoms with Crippen LogP contribution in [0.4, 0.5) is 10.6 Å². The molecule has 2 aromatic carbocycles. The number of urea groups is 1. The molecule has 4 rings (SSSR count). The molecule has 2 amide bonds. The zero-order valence-electron chi connectivity index (χ0n) is 22.6. The summed E-state index contributed by atoms with van der Waals surface area (Å²) >= 11 is 12.7. The van der Waals surface area contributed by atoms with Crippen LogP contribution >= 0.6 is 23.2 Å². The van der Waals surface area contributed by atoms with E-state index >= 15 is 0 Å². The van der Waals surface area contributed by atoms with Gasteiger partial charge < -0.3 is 15.4 Å². The van der Waals surface area contributed by atoms with E-state index in [1.54, 1.807) is 54.0 Å². The van der Waals surface area contributed by atoms with E-state index in [0.717, 1.165) is 0 Å². The van der Waals surface area contributed by atoms with Crippen LogP contribution in [-0.4, -0.2) is 75.5 Å². The Bertz CT molecular complexity index is 1360. The van der Waals surface area contributed by atoms with E-state index in [1.165, 1.54) is 23.9 Å². The monoisotopic (exact) mass is 605 g/mol. The van der Waals surface area contributed by atoms with Gasteiger partial charge in [-0.3, -0.25) is 18.5 Å². The van der Waals surface area contributed by atoms with Gasteiger partial charge in [0.15, 0.2) is 12.1 Å². The van der Waals surface area contributed by atoms with E-state index in [0.29, 0.717) is 64.0 Å². The molecule has 0 unspecified atom stereocenters. The minimum atomic E-state index is -0.870. The summed E-state index contributed by atoms with van der Waals surface area (Å²) in [6.07, 6.45) is 2.70. The second-order valence-electron chi connectivity index (χ2n) is 9.23. The van der Waals surface area contributed by atoms with Crippen LogP contribution in [0.2, 0.25) is 10.0 Å². The Morgan fingerprint density at radius 2 is 1.75 bits per heavy atom. The topological polar surface area (TPSA) is 119 Å². The summed E-state index contributed by atoms with van der Waals surface area (Å²) < 4.78 is 13.6. The molecule has 0 saturated carbocycles. The highest BCUT2D eigenvalue weighted by Gasteiger charge is 2.33. The number of amides is 2. The van der Waals surface area contributed by atoms with Crippen molar-refractivity contribution in [3.8, 4) is 17.1 Å². The van der Waals surface area contributed by atoms with Crippen molar-refractivity contribution in [3.63, 3.8) is 0 Å². The van der Waals surface area contributed by atoms with Crippen molar-refractivity contribution in [2.45, 2.75) is 25.8 Å². The van der Waals surface area contributed by atoms with E-state index in [-0.39, 0.29) is 24.0 Å². The highest BCUT2D eigenvalue weighted by atomic mass is 35.5. The summed E-state index contributed by atoms with van der Waals surface area (Å²) in [5.41, 5.74) is 5.84. The van der Waals surface area contributed by atoms with Gasteiger partial charge >= 0.3 is 6.03 Å². The maximum Gasteiger partial charge on any atom is 0.326 e. The van der Waals surface area contributed by atoms with Gasteiger partial charge in [-0.05, 0) is 69.1 Å². The summed E-state index contributed by atoms with van der Waals surface area (Å²) in [5.74, 6) is 1.70. The number of nitrogens with zero attached hydrogens (tertiary/aromatic N) is 4. The van der Waals surface area contributed by atoms with Gasteiger partial charge in [-0.2, -0.15) is 0 Å². The molecular weight excluding hydrogens is 573 g/mol. The molecule has 214 valence electrons. The van der Waals surface area contributed by atoms with E-state index < -0.39 is 22.9 Å². The number of rotatable bonds is 8. The van der Waals surface area contributed by atoms with Crippen LogP contribution in [0.3, 0.4) is 0 Å². The Hall–Kier alpha value is -3.05. The molecular formula is C28H33Cl2N5O4S. The van der Waals surface area contributed by atoms with Crippen LogP contribution < -0.4 is 10.6 Å². The number of halogens is 2. The van der Waals surface area contributed by atoms with Crippen molar-refractivity contribution in [1.29, 1.82) is 0 Å². The molecule has 2 heterocycles. The number of carbonyl (C=O) groups excluding carboxylic acids is 3. The maximum atomic E-state index is 13.8. The van der Waals surface area contributed by atoms with Crippen molar-refractivity contribution in [1.82, 2.24) is 14.5 Å². The summed E-state index contributed by atoms with van der Waals surface area (Å²) in [5, 5.41) is 0.952. The zero-order chi connectivity index (χ0) is 29.4. The fourth-order valence-corrected chi connectivity index (χ4v) is 6.14. The van der Waals surface area contributed by atoms with Gasteiger partial charge in [0.1, 0.15) is 17.8 Å². The first-order chi connectivity index (χ1) is 19.2. The molecule has 0 spiro atoms. The first-order valence-corrected chi connectivity index (χ1v) is 15.0. The third kappa shape index (κ3) is 6.98. The number of hydrogen-bond donors (Lipinski definition) is 1. The van der Waals surface area contributed by atoms with E-state index in [1.807, 2.05) is 6.07 Å². The quantitative estimate of drug-likeness (QED) is 0.367. The average Bonchev–Trinajstić information content (AvgIpc) is 3.36. The number of carbonyl (C=O) groups is 3. The molecule has 1 atom stereocenters. The number of aromatic nitrogens is 2. The lowest BCUT2D eigenvalue weighted by Crippen LogP contribution is -2.48. The predicted octanol–water partition coefficient (Wildman–Crippen LogP) is 4.84. The Labute approximate surface area is 246 Å². The molecule has 3 aromatic rings. The normalized spacial score (nSPS) is 17.2. The molecule has 40 heavy (non-hydrogen) atoms. The SMILES string of the molecule is CN.C[C@@H](C=O)N(C)C(=O)N(CC1CCS(=O)CC1)c1nc(-c2ccccc2Cl)n(-c2ccc(Cl)cc2)c1C=O. The lowest BCUT2D eigenvalue weighted by atomic mass is 10.0. The van der Waals surface area contributed by atoms with E-state index in [4.69, 9.17) is 28.2 Å². The number of nitrogens with two attached hydrogens (primary N) is 1. The molecule has 12 heteroatoms. The fourth-order valence-electron chi connectivity index (χ4n) is 4.39. The highest BCUT2D eigenvalue weighted by Crippen LogP contribution is 2.35. The third-order valence-electron chi connectivity index (χ3n) is 6.75. The Morgan fingerprint density at radius 3 is 2.33 bits per heavy atom. The van der Waals surface area contributed by atoms with Crippen molar-refractivity contribution < 1.29 is 18.6 Å². The smallest absolute Gasteiger partial charge is 0.326 e. The molecule has 1 aliphatic rings. The molecule has 1 aromatic heterocycles. The van der Waals surface area contributed by atoms with Gasteiger partial charge in [-0.15, -0.1) is 0 Å². The predicted molar refractivity (Wildman–Crippen MR) is 161 cm³/mol. The molecule has 0 bridgehead atoms. The molecule has 2 N–H and O–H groups in total. The highest BCUT2D eigenvalue weighted by molar-refractivity contribution is 7.85. The molecule has 0 radical (unpaired) electrons. The van der Waals surface area contributed by atoms with Gasteiger partial charge in [0.25, 0.3) is 0 Å². The second kappa shape index (κ2) is 14.5. The van der Waals surface area contributed by atoms with Crippen molar-refractivity contribution in [2.75, 3.05) is 37.0 Å². The van der Waals surface area contributed by atoms with Crippen LogP contribution in [0.25, 0.3) is 17.1 Å². The number of likely N-dealkylation sites (N-methyl/N-ethyl adjacent to an activating group) is 1. The van der Waals surface area contributed by atoms with Crippen molar-refractivity contribution in [2.24, 2.45) is 11.7 Å².